The molecule has 0 fully saturated rings. The lowest BCUT2D eigenvalue weighted by atomic mass is 10.1. The van der Waals surface area contributed by atoms with Gasteiger partial charge in [0.05, 0.1) is 20.6 Å². The highest BCUT2D eigenvalue weighted by Crippen LogP contribution is 2.30. The molecule has 7 nitrogen and oxygen atoms in total. The van der Waals surface area contributed by atoms with Crippen LogP contribution in [-0.4, -0.2) is 44.8 Å². The summed E-state index contributed by atoms with van der Waals surface area (Å²) < 4.78 is 28.7. The molecular formula is C27H28Cl3N3O4S. The lowest BCUT2D eigenvalue weighted by molar-refractivity contribution is -0.140. The summed E-state index contributed by atoms with van der Waals surface area (Å²) >= 11 is 18.4. The molecule has 1 atom stereocenters. The molecule has 0 saturated carbocycles. The maximum absolute atomic E-state index is 13.9. The molecular weight excluding hydrogens is 569 g/mol. The monoisotopic (exact) mass is 595 g/mol. The number of sulfonamides is 1. The van der Waals surface area contributed by atoms with E-state index in [9.17, 15) is 18.0 Å². The van der Waals surface area contributed by atoms with Crippen LogP contribution in [0.2, 0.25) is 15.1 Å². The number of nitrogens with one attached hydrogen (secondary N) is 1. The van der Waals surface area contributed by atoms with Crippen molar-refractivity contribution in [3.05, 3.63) is 92.9 Å². The molecule has 0 aliphatic rings. The Kier molecular flexibility index (Phi) is 10.1. The molecule has 0 aromatic heterocycles. The highest BCUT2D eigenvalue weighted by Gasteiger charge is 2.34. The summed E-state index contributed by atoms with van der Waals surface area (Å²) in [5, 5.41) is 3.67. The molecule has 2 amide bonds. The Morgan fingerprint density at radius 2 is 1.63 bits per heavy atom. The van der Waals surface area contributed by atoms with Crippen LogP contribution in [0.5, 0.6) is 0 Å². The van der Waals surface area contributed by atoms with Gasteiger partial charge in [0.1, 0.15) is 12.6 Å². The highest BCUT2D eigenvalue weighted by molar-refractivity contribution is 7.92. The van der Waals surface area contributed by atoms with E-state index in [0.717, 1.165) is 4.31 Å². The second kappa shape index (κ2) is 12.8. The fraction of sp³-hybridized carbons (Fsp3) is 0.259. The Morgan fingerprint density at radius 3 is 2.21 bits per heavy atom. The molecule has 1 unspecified atom stereocenters. The van der Waals surface area contributed by atoms with Crippen LogP contribution in [0.1, 0.15) is 24.5 Å². The number of rotatable bonds is 10. The molecule has 0 aliphatic carbocycles. The quantitative estimate of drug-likeness (QED) is 0.325. The van der Waals surface area contributed by atoms with E-state index < -0.39 is 28.5 Å². The third-order valence-corrected chi connectivity index (χ3v) is 8.75. The van der Waals surface area contributed by atoms with Gasteiger partial charge in [0.15, 0.2) is 0 Å². The van der Waals surface area contributed by atoms with Crippen molar-refractivity contribution in [2.45, 2.75) is 37.8 Å². The summed E-state index contributed by atoms with van der Waals surface area (Å²) in [6.45, 7) is 2.96. The first-order valence-electron chi connectivity index (χ1n) is 11.8. The van der Waals surface area contributed by atoms with Crippen molar-refractivity contribution < 1.29 is 18.0 Å². The predicted molar refractivity (Wildman–Crippen MR) is 152 cm³/mol. The smallest absolute Gasteiger partial charge is 0.264 e. The first-order chi connectivity index (χ1) is 18.0. The largest absolute Gasteiger partial charge is 0.357 e. The van der Waals surface area contributed by atoms with Crippen LogP contribution < -0.4 is 9.62 Å². The number of carbonyl (C=O) groups is 2. The van der Waals surface area contributed by atoms with Crippen molar-refractivity contribution in [3.8, 4) is 0 Å². The number of hydrogen-bond donors (Lipinski definition) is 1. The molecule has 0 bridgehead atoms. The molecule has 0 saturated heterocycles. The summed E-state index contributed by atoms with van der Waals surface area (Å²) in [4.78, 5) is 28.1. The Bertz CT molecular complexity index is 1420. The molecule has 0 aliphatic heterocycles. The van der Waals surface area contributed by atoms with Crippen molar-refractivity contribution in [3.63, 3.8) is 0 Å². The van der Waals surface area contributed by atoms with Crippen molar-refractivity contribution in [2.75, 3.05) is 17.9 Å². The highest BCUT2D eigenvalue weighted by atomic mass is 35.5. The predicted octanol–water partition coefficient (Wildman–Crippen LogP) is 5.70. The van der Waals surface area contributed by atoms with Gasteiger partial charge in [-0.05, 0) is 66.9 Å². The van der Waals surface area contributed by atoms with E-state index in [4.69, 9.17) is 34.8 Å². The molecule has 3 rings (SSSR count). The molecule has 0 heterocycles. The van der Waals surface area contributed by atoms with Gasteiger partial charge in [0.25, 0.3) is 10.0 Å². The van der Waals surface area contributed by atoms with E-state index in [-0.39, 0.29) is 17.3 Å². The number of likely N-dealkylation sites (N-methyl/N-ethyl adjacent to an activating group) is 1. The minimum absolute atomic E-state index is 0.0144. The maximum Gasteiger partial charge on any atom is 0.264 e. The topological polar surface area (TPSA) is 86.8 Å². The van der Waals surface area contributed by atoms with Gasteiger partial charge in [0, 0.05) is 18.6 Å². The van der Waals surface area contributed by atoms with Crippen LogP contribution in [-0.2, 0) is 26.2 Å². The minimum Gasteiger partial charge on any atom is -0.357 e. The van der Waals surface area contributed by atoms with Gasteiger partial charge in [0.2, 0.25) is 11.8 Å². The number of amides is 2. The SMILES string of the molecule is CCC(C(=O)NC)N(Cc1ccc(Cl)c(Cl)c1)C(=O)CN(c1ccc(Cl)cc1C)S(=O)(=O)c1ccccc1. The van der Waals surface area contributed by atoms with Crippen LogP contribution >= 0.6 is 34.8 Å². The lowest BCUT2D eigenvalue weighted by Crippen LogP contribution is -2.51. The third-order valence-electron chi connectivity index (χ3n) is 6.01. The molecule has 0 spiro atoms. The fourth-order valence-corrected chi connectivity index (χ4v) is 6.10. The van der Waals surface area contributed by atoms with E-state index in [0.29, 0.717) is 38.3 Å². The summed E-state index contributed by atoms with van der Waals surface area (Å²) in [5.41, 5.74) is 1.50. The zero-order valence-corrected chi connectivity index (χ0v) is 24.2. The summed E-state index contributed by atoms with van der Waals surface area (Å²) in [5.74, 6) is -0.943. The normalized spacial score (nSPS) is 12.1. The van der Waals surface area contributed by atoms with Crippen LogP contribution in [0.3, 0.4) is 0 Å². The number of carbonyl (C=O) groups excluding carboxylic acids is 2. The van der Waals surface area contributed by atoms with Gasteiger partial charge in [-0.3, -0.25) is 13.9 Å². The van der Waals surface area contributed by atoms with E-state index in [1.165, 1.54) is 24.1 Å². The first kappa shape index (κ1) is 29.8. The van der Waals surface area contributed by atoms with Crippen LogP contribution in [0, 0.1) is 6.92 Å². The second-order valence-electron chi connectivity index (χ2n) is 8.56. The molecule has 1 N–H and O–H groups in total. The summed E-state index contributed by atoms with van der Waals surface area (Å²) in [7, 11) is -2.68. The fourth-order valence-electron chi connectivity index (χ4n) is 4.05. The molecule has 11 heteroatoms. The summed E-state index contributed by atoms with van der Waals surface area (Å²) in [6, 6.07) is 16.7. The Balaban J connectivity index is 2.09. The van der Waals surface area contributed by atoms with Gasteiger partial charge in [-0.15, -0.1) is 0 Å². The first-order valence-corrected chi connectivity index (χ1v) is 14.4. The Labute approximate surface area is 238 Å². The average molecular weight is 597 g/mol. The van der Waals surface area contributed by atoms with Crippen LogP contribution in [0.25, 0.3) is 0 Å². The number of anilines is 1. The summed E-state index contributed by atoms with van der Waals surface area (Å²) in [6.07, 6.45) is 0.304. The Hall–Kier alpha value is -2.78. The minimum atomic E-state index is -4.16. The molecule has 38 heavy (non-hydrogen) atoms. The average Bonchev–Trinajstić information content (AvgIpc) is 2.89. The van der Waals surface area contributed by atoms with Crippen molar-refractivity contribution in [2.24, 2.45) is 0 Å². The van der Waals surface area contributed by atoms with Gasteiger partial charge in [-0.2, -0.15) is 0 Å². The standard InChI is InChI=1S/C27H28Cl3N3O4S/c1-4-24(27(35)31-3)32(16-19-10-12-22(29)23(30)15-19)26(34)17-33(25-13-11-20(28)14-18(25)2)38(36,37)21-8-6-5-7-9-21/h5-15,24H,4,16-17H2,1-3H3,(H,31,35). The molecule has 3 aromatic rings. The lowest BCUT2D eigenvalue weighted by Gasteiger charge is -2.33. The number of hydrogen-bond acceptors (Lipinski definition) is 4. The van der Waals surface area contributed by atoms with E-state index >= 15 is 0 Å². The van der Waals surface area contributed by atoms with Crippen LogP contribution in [0.4, 0.5) is 5.69 Å². The van der Waals surface area contributed by atoms with E-state index in [1.54, 1.807) is 68.4 Å². The number of aryl methyl sites for hydroxylation is 1. The van der Waals surface area contributed by atoms with Gasteiger partial charge >= 0.3 is 0 Å². The van der Waals surface area contributed by atoms with Crippen LogP contribution in [0.15, 0.2) is 71.6 Å². The van der Waals surface area contributed by atoms with Crippen molar-refractivity contribution >= 4 is 62.3 Å². The van der Waals surface area contributed by atoms with Gasteiger partial charge < -0.3 is 10.2 Å². The number of benzene rings is 3. The van der Waals surface area contributed by atoms with E-state index in [1.807, 2.05) is 0 Å². The molecule has 0 radical (unpaired) electrons. The molecule has 3 aromatic carbocycles. The maximum atomic E-state index is 13.9. The van der Waals surface area contributed by atoms with Crippen molar-refractivity contribution in [1.29, 1.82) is 0 Å². The van der Waals surface area contributed by atoms with E-state index in [2.05, 4.69) is 5.32 Å². The van der Waals surface area contributed by atoms with Gasteiger partial charge in [-0.25, -0.2) is 8.42 Å². The molecule has 202 valence electrons. The third kappa shape index (κ3) is 6.80. The zero-order chi connectivity index (χ0) is 28.0. The number of halogens is 3. The zero-order valence-electron chi connectivity index (χ0n) is 21.1. The van der Waals surface area contributed by atoms with Crippen molar-refractivity contribution in [1.82, 2.24) is 10.2 Å². The second-order valence-corrected chi connectivity index (χ2v) is 11.7. The number of nitrogens with zero attached hydrogens (tertiary/aromatic N) is 2. The Morgan fingerprint density at radius 1 is 0.947 bits per heavy atom. The van der Waals surface area contributed by atoms with Gasteiger partial charge in [-0.1, -0.05) is 66.0 Å².